The lowest BCUT2D eigenvalue weighted by Gasteiger charge is -2.26. The van der Waals surface area contributed by atoms with Crippen molar-refractivity contribution in [1.29, 1.82) is 0 Å². The number of benzene rings is 1. The fraction of sp³-hybridized carbons (Fsp3) is 0.240. The highest BCUT2D eigenvalue weighted by atomic mass is 35.5. The van der Waals surface area contributed by atoms with Crippen LogP contribution >= 0.6 is 11.6 Å². The van der Waals surface area contributed by atoms with Gasteiger partial charge in [-0.05, 0) is 36.4 Å². The highest BCUT2D eigenvalue weighted by Gasteiger charge is 2.34. The fourth-order valence-corrected chi connectivity index (χ4v) is 3.74. The van der Waals surface area contributed by atoms with Crippen LogP contribution in [0, 0.1) is 0 Å². The van der Waals surface area contributed by atoms with E-state index in [0.717, 1.165) is 37.3 Å². The number of hydrogen-bond acceptors (Lipinski definition) is 8. The Hall–Kier alpha value is -4.20. The van der Waals surface area contributed by atoms with E-state index in [1.54, 1.807) is 0 Å². The molecule has 214 valence electrons. The van der Waals surface area contributed by atoms with Gasteiger partial charge in [0.25, 0.3) is 0 Å². The first-order chi connectivity index (χ1) is 18.8. The van der Waals surface area contributed by atoms with E-state index in [0.29, 0.717) is 12.3 Å². The van der Waals surface area contributed by atoms with Gasteiger partial charge in [0.1, 0.15) is 11.5 Å². The standard InChI is InChI=1S/C25H21ClF6N4O4/c1-39-22(37)16-5-3-4-10-36(20(16)23(38)40-2)19-12-14(24(27,28)29)6-7-18(19)33-8-9-34-21-17(26)11-15(13-35-21)25(30,31)32/h3-7,10-13,33H,8-9H2,1-2H3,(H,34,35). The molecule has 40 heavy (non-hydrogen) atoms. The van der Waals surface area contributed by atoms with Gasteiger partial charge >= 0.3 is 24.3 Å². The number of carbonyl (C=O) groups excluding carboxylic acids is 2. The number of allylic oxidation sites excluding steroid dienone is 2. The van der Waals surface area contributed by atoms with E-state index in [-0.39, 0.29) is 40.9 Å². The normalized spacial score (nSPS) is 13.7. The summed E-state index contributed by atoms with van der Waals surface area (Å²) >= 11 is 5.89. The number of nitrogens with zero attached hydrogens (tertiary/aromatic N) is 2. The number of hydrogen-bond donors (Lipinski definition) is 2. The van der Waals surface area contributed by atoms with Crippen LogP contribution in [-0.2, 0) is 31.4 Å². The van der Waals surface area contributed by atoms with E-state index < -0.39 is 41.1 Å². The zero-order valence-corrected chi connectivity index (χ0v) is 21.5. The van der Waals surface area contributed by atoms with E-state index in [1.165, 1.54) is 24.4 Å². The van der Waals surface area contributed by atoms with E-state index in [9.17, 15) is 35.9 Å². The molecule has 2 heterocycles. The Morgan fingerprint density at radius 2 is 1.57 bits per heavy atom. The number of esters is 2. The number of aromatic nitrogens is 1. The largest absolute Gasteiger partial charge is 0.465 e. The Labute approximate surface area is 228 Å². The Morgan fingerprint density at radius 1 is 0.925 bits per heavy atom. The van der Waals surface area contributed by atoms with E-state index in [2.05, 4.69) is 15.6 Å². The molecular weight excluding hydrogens is 570 g/mol. The molecule has 0 spiro atoms. The van der Waals surface area contributed by atoms with Crippen LogP contribution in [0.25, 0.3) is 0 Å². The van der Waals surface area contributed by atoms with Crippen molar-refractivity contribution in [2.75, 3.05) is 42.8 Å². The van der Waals surface area contributed by atoms with Crippen LogP contribution in [0.4, 0.5) is 43.5 Å². The molecule has 1 aliphatic rings. The lowest BCUT2D eigenvalue weighted by atomic mass is 10.1. The molecule has 1 aromatic heterocycles. The molecule has 2 N–H and O–H groups in total. The molecular formula is C25H21ClF6N4O4. The summed E-state index contributed by atoms with van der Waals surface area (Å²) in [6, 6.07) is 3.42. The molecule has 8 nitrogen and oxygen atoms in total. The Bertz CT molecular complexity index is 1370. The first-order valence-electron chi connectivity index (χ1n) is 11.2. The first-order valence-corrected chi connectivity index (χ1v) is 11.6. The topological polar surface area (TPSA) is 92.8 Å². The Morgan fingerprint density at radius 3 is 2.17 bits per heavy atom. The summed E-state index contributed by atoms with van der Waals surface area (Å²) in [7, 11) is 2.11. The van der Waals surface area contributed by atoms with Gasteiger partial charge in [-0.3, -0.25) is 0 Å². The molecule has 0 atom stereocenters. The van der Waals surface area contributed by atoms with Gasteiger partial charge in [0.05, 0.1) is 47.3 Å². The summed E-state index contributed by atoms with van der Waals surface area (Å²) in [5.41, 5.74) is -2.80. The lowest BCUT2D eigenvalue weighted by Crippen LogP contribution is -2.28. The van der Waals surface area contributed by atoms with Gasteiger partial charge in [0.2, 0.25) is 0 Å². The van der Waals surface area contributed by atoms with Gasteiger partial charge in [-0.15, -0.1) is 0 Å². The van der Waals surface area contributed by atoms with Crippen molar-refractivity contribution >= 4 is 40.7 Å². The van der Waals surface area contributed by atoms with E-state index >= 15 is 0 Å². The second kappa shape index (κ2) is 12.3. The number of methoxy groups -OCH3 is 2. The van der Waals surface area contributed by atoms with Crippen molar-refractivity contribution in [2.45, 2.75) is 12.4 Å². The van der Waals surface area contributed by atoms with Gasteiger partial charge < -0.3 is 25.0 Å². The summed E-state index contributed by atoms with van der Waals surface area (Å²) in [5, 5.41) is 5.36. The molecule has 3 rings (SSSR count). The summed E-state index contributed by atoms with van der Waals surface area (Å²) in [6.45, 7) is 0.0530. The number of halogens is 7. The van der Waals surface area contributed by atoms with Crippen LogP contribution in [0.2, 0.25) is 5.02 Å². The smallest absolute Gasteiger partial charge is 0.417 e. The Balaban J connectivity index is 1.94. The van der Waals surface area contributed by atoms with E-state index in [4.69, 9.17) is 21.1 Å². The molecule has 0 saturated heterocycles. The predicted molar refractivity (Wildman–Crippen MR) is 134 cm³/mol. The van der Waals surface area contributed by atoms with Gasteiger partial charge in [0, 0.05) is 25.5 Å². The number of ether oxygens (including phenoxy) is 2. The van der Waals surface area contributed by atoms with Crippen LogP contribution in [-0.4, -0.2) is 44.2 Å². The maximum atomic E-state index is 13.6. The zero-order valence-electron chi connectivity index (χ0n) is 20.8. The number of pyridine rings is 1. The van der Waals surface area contributed by atoms with Crippen molar-refractivity contribution < 1.29 is 45.4 Å². The van der Waals surface area contributed by atoms with Crippen molar-refractivity contribution in [3.8, 4) is 0 Å². The molecule has 15 heteroatoms. The van der Waals surface area contributed by atoms with Crippen molar-refractivity contribution in [3.63, 3.8) is 0 Å². The summed E-state index contributed by atoms with van der Waals surface area (Å²) in [6.07, 6.45) is -3.46. The minimum absolute atomic E-state index is 0.0222. The van der Waals surface area contributed by atoms with Crippen LogP contribution in [0.5, 0.6) is 0 Å². The van der Waals surface area contributed by atoms with Gasteiger partial charge in [-0.25, -0.2) is 14.6 Å². The molecule has 1 aliphatic heterocycles. The monoisotopic (exact) mass is 590 g/mol. The molecule has 0 saturated carbocycles. The molecule has 1 aromatic carbocycles. The molecule has 0 fully saturated rings. The average Bonchev–Trinajstić information content (AvgIpc) is 3.12. The predicted octanol–water partition coefficient (Wildman–Crippen LogP) is 5.79. The molecule has 0 aliphatic carbocycles. The van der Waals surface area contributed by atoms with Crippen LogP contribution in [0.15, 0.2) is 66.2 Å². The highest BCUT2D eigenvalue weighted by molar-refractivity contribution is 6.33. The molecule has 0 bridgehead atoms. The molecule has 0 amide bonds. The maximum absolute atomic E-state index is 13.6. The minimum Gasteiger partial charge on any atom is -0.465 e. The third kappa shape index (κ3) is 7.05. The second-order valence-corrected chi connectivity index (χ2v) is 8.36. The molecule has 2 aromatic rings. The van der Waals surface area contributed by atoms with E-state index in [1.807, 2.05) is 0 Å². The zero-order chi connectivity index (χ0) is 29.7. The van der Waals surface area contributed by atoms with Gasteiger partial charge in [-0.1, -0.05) is 17.7 Å². The minimum atomic E-state index is -4.74. The second-order valence-electron chi connectivity index (χ2n) is 7.95. The number of carbonyl (C=O) groups is 2. The summed E-state index contributed by atoms with van der Waals surface area (Å²) < 4.78 is 88.9. The number of rotatable bonds is 8. The van der Waals surface area contributed by atoms with Crippen molar-refractivity contribution in [2.24, 2.45) is 0 Å². The lowest BCUT2D eigenvalue weighted by molar-refractivity contribution is -0.139. The summed E-state index contributed by atoms with van der Waals surface area (Å²) in [4.78, 5) is 29.8. The maximum Gasteiger partial charge on any atom is 0.417 e. The SMILES string of the molecule is COC(=O)C1=C(C(=O)OC)N(c2cc(C(F)(F)F)ccc2NCCNc2ncc(C(F)(F)F)cc2Cl)C=CC=C1. The third-order valence-corrected chi connectivity index (χ3v) is 5.66. The highest BCUT2D eigenvalue weighted by Crippen LogP contribution is 2.38. The van der Waals surface area contributed by atoms with Gasteiger partial charge in [0.15, 0.2) is 0 Å². The molecule has 0 unspecified atom stereocenters. The van der Waals surface area contributed by atoms with Crippen LogP contribution in [0.1, 0.15) is 11.1 Å². The number of alkyl halides is 6. The Kier molecular flexibility index (Phi) is 9.35. The number of nitrogens with one attached hydrogen (secondary N) is 2. The van der Waals surface area contributed by atoms with Crippen molar-refractivity contribution in [3.05, 3.63) is 82.3 Å². The van der Waals surface area contributed by atoms with Crippen LogP contribution in [0.3, 0.4) is 0 Å². The van der Waals surface area contributed by atoms with Gasteiger partial charge in [-0.2, -0.15) is 26.3 Å². The number of anilines is 3. The van der Waals surface area contributed by atoms with Crippen LogP contribution < -0.4 is 15.5 Å². The fourth-order valence-electron chi connectivity index (χ4n) is 3.51. The quantitative estimate of drug-likeness (QED) is 0.227. The average molecular weight is 591 g/mol. The third-order valence-electron chi connectivity index (χ3n) is 5.38. The van der Waals surface area contributed by atoms with Crippen molar-refractivity contribution in [1.82, 2.24) is 4.98 Å². The summed E-state index contributed by atoms with van der Waals surface area (Å²) in [5.74, 6) is -1.99. The first kappa shape index (κ1) is 30.3. The molecule has 0 radical (unpaired) electrons.